The molecule has 2 heterocycles. The molecule has 1 aromatic carbocycles. The van der Waals surface area contributed by atoms with Crippen molar-refractivity contribution in [3.8, 4) is 17.0 Å². The van der Waals surface area contributed by atoms with Gasteiger partial charge in [-0.2, -0.15) is 0 Å². The van der Waals surface area contributed by atoms with Crippen molar-refractivity contribution in [1.82, 2.24) is 14.3 Å². The Morgan fingerprint density at radius 1 is 1.15 bits per heavy atom. The van der Waals surface area contributed by atoms with Gasteiger partial charge in [-0.05, 0) is 62.7 Å². The standard InChI is InChI=1S/C28H26N4O7/c1-31(2)22-15-10-12-9-14-13(16-11-32-8-4-3-5-18(32)30-16)6-7-17(33)20(14)23(34)19(12)25(36)28(15,39)26(37)21(24(22)35)27(29)38/h3-8,11-12,15,21-22,33-34,39H,9-10H2,1-2H3,(H2,29,38)/t12-,15-,21?,22-,28-/m0/s1. The van der Waals surface area contributed by atoms with Crippen molar-refractivity contribution in [3.63, 3.8) is 0 Å². The molecular weight excluding hydrogens is 504 g/mol. The van der Waals surface area contributed by atoms with E-state index in [1.54, 1.807) is 20.2 Å². The summed E-state index contributed by atoms with van der Waals surface area (Å²) in [7, 11) is 3.11. The fourth-order valence-corrected chi connectivity index (χ4v) is 6.69. The third-order valence-corrected chi connectivity index (χ3v) is 8.38. The minimum atomic E-state index is -2.74. The summed E-state index contributed by atoms with van der Waals surface area (Å²) in [5, 5.41) is 33.8. The second-order valence-electron chi connectivity index (χ2n) is 10.7. The number of carbonyl (C=O) groups excluding carboxylic acids is 4. The van der Waals surface area contributed by atoms with Gasteiger partial charge in [-0.3, -0.25) is 24.1 Å². The maximum atomic E-state index is 13.9. The Hall–Kier alpha value is -4.35. The van der Waals surface area contributed by atoms with Crippen LogP contribution in [-0.2, 0) is 25.6 Å². The van der Waals surface area contributed by atoms with Gasteiger partial charge in [0, 0.05) is 29.4 Å². The lowest BCUT2D eigenvalue weighted by Gasteiger charge is -2.51. The van der Waals surface area contributed by atoms with E-state index in [0.29, 0.717) is 22.5 Å². The maximum Gasteiger partial charge on any atom is 0.235 e. The lowest BCUT2D eigenvalue weighted by molar-refractivity contribution is -0.175. The highest BCUT2D eigenvalue weighted by Gasteiger charge is 2.67. The van der Waals surface area contributed by atoms with E-state index in [-0.39, 0.29) is 29.7 Å². The highest BCUT2D eigenvalue weighted by Crippen LogP contribution is 2.52. The van der Waals surface area contributed by atoms with E-state index in [2.05, 4.69) is 4.98 Å². The maximum absolute atomic E-state index is 13.9. The van der Waals surface area contributed by atoms with Crippen LogP contribution in [0.25, 0.3) is 22.7 Å². The summed E-state index contributed by atoms with van der Waals surface area (Å²) in [4.78, 5) is 58.7. The molecule has 11 heteroatoms. The average Bonchev–Trinajstić information content (AvgIpc) is 3.30. The van der Waals surface area contributed by atoms with Crippen LogP contribution in [0.1, 0.15) is 17.5 Å². The van der Waals surface area contributed by atoms with Crippen LogP contribution in [0.4, 0.5) is 0 Å². The number of pyridine rings is 1. The summed E-state index contributed by atoms with van der Waals surface area (Å²) in [6.07, 6.45) is 3.82. The molecule has 0 radical (unpaired) electrons. The van der Waals surface area contributed by atoms with E-state index >= 15 is 0 Å². The smallest absolute Gasteiger partial charge is 0.235 e. The first-order valence-corrected chi connectivity index (χ1v) is 12.5. The van der Waals surface area contributed by atoms with Gasteiger partial charge in [0.1, 0.15) is 17.2 Å². The van der Waals surface area contributed by atoms with Gasteiger partial charge < -0.3 is 25.5 Å². The number of Topliss-reactive ketones (excluding diaryl/α,β-unsaturated/α-hetero) is 3. The lowest BCUT2D eigenvalue weighted by atomic mass is 9.54. The van der Waals surface area contributed by atoms with Crippen LogP contribution < -0.4 is 5.73 Å². The summed E-state index contributed by atoms with van der Waals surface area (Å²) < 4.78 is 1.83. The summed E-state index contributed by atoms with van der Waals surface area (Å²) in [6.45, 7) is 0. The number of aliphatic hydroxyl groups is 2. The molecule has 2 saturated carbocycles. The van der Waals surface area contributed by atoms with Gasteiger partial charge in [0.2, 0.25) is 11.7 Å². The van der Waals surface area contributed by atoms with Gasteiger partial charge in [-0.15, -0.1) is 0 Å². The number of nitrogens with zero attached hydrogens (tertiary/aromatic N) is 3. The fourth-order valence-electron chi connectivity index (χ4n) is 6.69. The Morgan fingerprint density at radius 3 is 2.56 bits per heavy atom. The summed E-state index contributed by atoms with van der Waals surface area (Å²) in [5.41, 5.74) is 4.88. The molecule has 3 aliphatic rings. The van der Waals surface area contributed by atoms with Gasteiger partial charge >= 0.3 is 0 Å². The third-order valence-electron chi connectivity index (χ3n) is 8.38. The Kier molecular flexibility index (Phi) is 5.33. The second-order valence-corrected chi connectivity index (χ2v) is 10.7. The first-order chi connectivity index (χ1) is 18.5. The predicted octanol–water partition coefficient (Wildman–Crippen LogP) is 0.652. The van der Waals surface area contributed by atoms with Crippen LogP contribution in [0, 0.1) is 17.8 Å². The number of primary amides is 1. The number of hydrogen-bond acceptors (Lipinski definition) is 9. The first-order valence-electron chi connectivity index (χ1n) is 12.5. The molecule has 1 amide bonds. The van der Waals surface area contributed by atoms with E-state index in [9.17, 15) is 34.5 Å². The van der Waals surface area contributed by atoms with Crippen LogP contribution in [-0.4, -0.2) is 78.6 Å². The molecule has 200 valence electrons. The van der Waals surface area contributed by atoms with Crippen LogP contribution in [0.5, 0.6) is 5.75 Å². The Balaban J connectivity index is 1.54. The molecule has 5 N–H and O–H groups in total. The first kappa shape index (κ1) is 25.0. The van der Waals surface area contributed by atoms with E-state index in [0.717, 1.165) is 0 Å². The number of aromatic nitrogens is 2. The van der Waals surface area contributed by atoms with Crippen molar-refractivity contribution >= 4 is 34.7 Å². The number of aliphatic hydroxyl groups excluding tert-OH is 1. The highest BCUT2D eigenvalue weighted by molar-refractivity contribution is 6.32. The average molecular weight is 531 g/mol. The zero-order chi connectivity index (χ0) is 28.0. The topological polar surface area (TPSA) is 176 Å². The van der Waals surface area contributed by atoms with Crippen LogP contribution in [0.3, 0.4) is 0 Å². The van der Waals surface area contributed by atoms with Crippen molar-refractivity contribution in [2.24, 2.45) is 23.5 Å². The molecule has 2 fully saturated rings. The van der Waals surface area contributed by atoms with Gasteiger partial charge in [0.25, 0.3) is 0 Å². The van der Waals surface area contributed by atoms with Crippen LogP contribution >= 0.6 is 0 Å². The van der Waals surface area contributed by atoms with Crippen molar-refractivity contribution < 1.29 is 34.5 Å². The van der Waals surface area contributed by atoms with Crippen molar-refractivity contribution in [2.75, 3.05) is 14.1 Å². The van der Waals surface area contributed by atoms with E-state index in [1.165, 1.54) is 11.0 Å². The van der Waals surface area contributed by atoms with Gasteiger partial charge in [0.05, 0.1) is 17.3 Å². The summed E-state index contributed by atoms with van der Waals surface area (Å²) >= 11 is 0. The molecule has 1 unspecified atom stereocenters. The number of ketones is 3. The number of phenols is 1. The zero-order valence-electron chi connectivity index (χ0n) is 21.2. The summed E-state index contributed by atoms with van der Waals surface area (Å²) in [5.74, 6) is -9.06. The van der Waals surface area contributed by atoms with E-state index in [1.807, 2.05) is 35.0 Å². The minimum Gasteiger partial charge on any atom is -0.507 e. The molecule has 0 aliphatic heterocycles. The van der Waals surface area contributed by atoms with Gasteiger partial charge in [-0.1, -0.05) is 6.07 Å². The molecule has 2 aromatic heterocycles. The Morgan fingerprint density at radius 2 is 1.90 bits per heavy atom. The number of likely N-dealkylation sites (N-methyl/N-ethyl adjacent to an activating group) is 1. The normalized spacial score (nSPS) is 28.5. The van der Waals surface area contributed by atoms with E-state index in [4.69, 9.17) is 5.73 Å². The number of nitrogens with two attached hydrogens (primary N) is 1. The minimum absolute atomic E-state index is 0.00680. The monoisotopic (exact) mass is 530 g/mol. The number of imidazole rings is 1. The molecule has 6 rings (SSSR count). The van der Waals surface area contributed by atoms with Crippen molar-refractivity contribution in [3.05, 3.63) is 59.4 Å². The number of fused-ring (bicyclic) bond motifs is 4. The molecular formula is C28H26N4O7. The van der Waals surface area contributed by atoms with Crippen LogP contribution in [0.2, 0.25) is 0 Å². The fraction of sp³-hybridized carbons (Fsp3) is 0.321. The number of rotatable bonds is 3. The van der Waals surface area contributed by atoms with Crippen molar-refractivity contribution in [1.29, 1.82) is 0 Å². The molecule has 39 heavy (non-hydrogen) atoms. The Bertz CT molecular complexity index is 1620. The lowest BCUT2D eigenvalue weighted by Crippen LogP contribution is -2.72. The van der Waals surface area contributed by atoms with E-state index < -0.39 is 58.4 Å². The number of aromatic hydroxyl groups is 1. The van der Waals surface area contributed by atoms with Crippen LogP contribution in [0.15, 0.2) is 48.3 Å². The third kappa shape index (κ3) is 3.26. The zero-order valence-corrected chi connectivity index (χ0v) is 21.2. The number of phenolic OH excluding ortho intramolecular Hbond substituents is 1. The molecule has 3 aliphatic carbocycles. The molecule has 0 spiro atoms. The highest BCUT2D eigenvalue weighted by atomic mass is 16.3. The largest absolute Gasteiger partial charge is 0.507 e. The predicted molar refractivity (Wildman–Crippen MR) is 137 cm³/mol. The van der Waals surface area contributed by atoms with Gasteiger partial charge in [0.15, 0.2) is 23.1 Å². The van der Waals surface area contributed by atoms with Gasteiger partial charge in [-0.25, -0.2) is 4.98 Å². The number of amides is 1. The number of benzene rings is 1. The quantitative estimate of drug-likeness (QED) is 0.354. The number of hydrogen-bond donors (Lipinski definition) is 4. The molecule has 11 nitrogen and oxygen atoms in total. The molecule has 3 aromatic rings. The molecule has 5 atom stereocenters. The molecule has 0 bridgehead atoms. The Labute approximate surface area is 222 Å². The number of carbonyl (C=O) groups is 4. The SMILES string of the molecule is CN(C)[C@@H]1C(=O)C(C(N)=O)C(=O)[C@@]2(O)C(=O)C3=C(O)c4c(O)ccc(-c5cn6ccccc6n5)c4C[C@H]3C[C@@H]12. The molecule has 0 saturated heterocycles. The van der Waals surface area contributed by atoms with Crippen molar-refractivity contribution in [2.45, 2.75) is 24.5 Å². The summed E-state index contributed by atoms with van der Waals surface area (Å²) in [6, 6.07) is 7.48. The second kappa shape index (κ2) is 8.32.